The van der Waals surface area contributed by atoms with Crippen molar-refractivity contribution in [3.63, 3.8) is 0 Å². The number of primary amides is 1. The second kappa shape index (κ2) is 6.25. The number of amides is 1. The van der Waals surface area contributed by atoms with Crippen molar-refractivity contribution in [2.45, 2.75) is 18.9 Å². The lowest BCUT2D eigenvalue weighted by atomic mass is 10.0. The van der Waals surface area contributed by atoms with E-state index in [4.69, 9.17) is 5.73 Å². The fourth-order valence-corrected chi connectivity index (χ4v) is 2.23. The number of hydrogen-bond donors (Lipinski definition) is 2. The highest BCUT2D eigenvalue weighted by atomic mass is 79.9. The molecular formula is C10H18BrN3O. The van der Waals surface area contributed by atoms with Crippen molar-refractivity contribution in [3.05, 3.63) is 11.1 Å². The molecule has 0 aliphatic carbocycles. The van der Waals surface area contributed by atoms with Gasteiger partial charge in [-0.1, -0.05) is 22.5 Å². The summed E-state index contributed by atoms with van der Waals surface area (Å²) in [7, 11) is 0. The molecule has 1 aliphatic heterocycles. The van der Waals surface area contributed by atoms with Gasteiger partial charge in [-0.2, -0.15) is 0 Å². The Morgan fingerprint density at radius 3 is 2.53 bits per heavy atom. The molecule has 0 aromatic heterocycles. The molecule has 1 fully saturated rings. The third-order valence-corrected chi connectivity index (χ3v) is 2.81. The molecule has 0 bridgehead atoms. The molecule has 0 spiro atoms. The number of nitrogens with zero attached hydrogens (tertiary/aromatic N) is 1. The van der Waals surface area contributed by atoms with Crippen molar-refractivity contribution in [1.29, 1.82) is 0 Å². The summed E-state index contributed by atoms with van der Waals surface area (Å²) in [6, 6.07) is 0.438. The standard InChI is InChI=1S/C10H18BrN3O/c1-8(11)6-14(7-10(12)15)9-2-4-13-5-3-9/h9,13H,1-7H2,(H2,12,15). The molecular weight excluding hydrogens is 258 g/mol. The van der Waals surface area contributed by atoms with Gasteiger partial charge >= 0.3 is 0 Å². The molecule has 1 rings (SSSR count). The van der Waals surface area contributed by atoms with Crippen LogP contribution >= 0.6 is 15.9 Å². The summed E-state index contributed by atoms with van der Waals surface area (Å²) in [6.45, 7) is 6.82. The van der Waals surface area contributed by atoms with E-state index in [1.165, 1.54) is 0 Å². The average molecular weight is 276 g/mol. The Morgan fingerprint density at radius 2 is 2.07 bits per heavy atom. The molecule has 4 nitrogen and oxygen atoms in total. The summed E-state index contributed by atoms with van der Waals surface area (Å²) in [6.07, 6.45) is 2.13. The summed E-state index contributed by atoms with van der Waals surface area (Å²) in [4.78, 5) is 13.1. The molecule has 0 aromatic rings. The van der Waals surface area contributed by atoms with E-state index in [2.05, 4.69) is 32.7 Å². The number of halogens is 1. The van der Waals surface area contributed by atoms with Crippen LogP contribution in [0, 0.1) is 0 Å². The minimum Gasteiger partial charge on any atom is -0.369 e. The van der Waals surface area contributed by atoms with E-state index in [-0.39, 0.29) is 5.91 Å². The van der Waals surface area contributed by atoms with Crippen LogP contribution in [0.4, 0.5) is 0 Å². The van der Waals surface area contributed by atoms with Gasteiger partial charge in [0.2, 0.25) is 5.91 Å². The molecule has 5 heteroatoms. The Morgan fingerprint density at radius 1 is 1.47 bits per heavy atom. The summed E-state index contributed by atoms with van der Waals surface area (Å²) in [5.74, 6) is -0.276. The fraction of sp³-hybridized carbons (Fsp3) is 0.700. The zero-order chi connectivity index (χ0) is 11.3. The van der Waals surface area contributed by atoms with Gasteiger partial charge in [0.25, 0.3) is 0 Å². The highest BCUT2D eigenvalue weighted by Gasteiger charge is 2.22. The molecule has 3 N–H and O–H groups in total. The first kappa shape index (κ1) is 12.7. The van der Waals surface area contributed by atoms with Crippen LogP contribution in [0.15, 0.2) is 11.1 Å². The average Bonchev–Trinajstić information content (AvgIpc) is 2.17. The largest absolute Gasteiger partial charge is 0.369 e. The maximum atomic E-state index is 11.0. The van der Waals surface area contributed by atoms with Crippen molar-refractivity contribution in [1.82, 2.24) is 10.2 Å². The summed E-state index contributed by atoms with van der Waals surface area (Å²) >= 11 is 3.33. The smallest absolute Gasteiger partial charge is 0.231 e. The molecule has 1 saturated heterocycles. The van der Waals surface area contributed by atoms with E-state index in [0.29, 0.717) is 19.1 Å². The number of piperidine rings is 1. The fourth-order valence-electron chi connectivity index (χ4n) is 1.91. The Kier molecular flexibility index (Phi) is 5.28. The maximum absolute atomic E-state index is 11.0. The first-order chi connectivity index (χ1) is 7.09. The van der Waals surface area contributed by atoms with E-state index in [9.17, 15) is 4.79 Å². The van der Waals surface area contributed by atoms with Gasteiger partial charge in [0.05, 0.1) is 6.54 Å². The van der Waals surface area contributed by atoms with Crippen LogP contribution in [0.5, 0.6) is 0 Å². The van der Waals surface area contributed by atoms with Crippen molar-refractivity contribution in [2.24, 2.45) is 5.73 Å². The Balaban J connectivity index is 2.52. The molecule has 0 saturated carbocycles. The minimum absolute atomic E-state index is 0.276. The van der Waals surface area contributed by atoms with Gasteiger partial charge in [-0.25, -0.2) is 0 Å². The molecule has 1 amide bonds. The number of nitrogens with two attached hydrogens (primary N) is 1. The van der Waals surface area contributed by atoms with Gasteiger partial charge in [-0.3, -0.25) is 9.69 Å². The molecule has 1 heterocycles. The van der Waals surface area contributed by atoms with E-state index < -0.39 is 0 Å². The predicted octanol–water partition coefficient (Wildman–Crippen LogP) is 0.434. The van der Waals surface area contributed by atoms with Crippen LogP contribution < -0.4 is 11.1 Å². The van der Waals surface area contributed by atoms with Crippen LogP contribution in [-0.4, -0.2) is 43.0 Å². The zero-order valence-electron chi connectivity index (χ0n) is 8.84. The van der Waals surface area contributed by atoms with Crippen LogP contribution in [0.25, 0.3) is 0 Å². The number of carbonyl (C=O) groups is 1. The van der Waals surface area contributed by atoms with E-state index >= 15 is 0 Å². The van der Waals surface area contributed by atoms with Crippen molar-refractivity contribution in [3.8, 4) is 0 Å². The summed E-state index contributed by atoms with van der Waals surface area (Å²) in [5.41, 5.74) is 5.23. The van der Waals surface area contributed by atoms with Crippen molar-refractivity contribution < 1.29 is 4.79 Å². The van der Waals surface area contributed by atoms with Gasteiger partial charge in [-0.05, 0) is 25.9 Å². The Hall–Kier alpha value is -0.390. The van der Waals surface area contributed by atoms with Crippen molar-refractivity contribution >= 4 is 21.8 Å². The normalized spacial score (nSPS) is 18.0. The first-order valence-electron chi connectivity index (χ1n) is 5.16. The lowest BCUT2D eigenvalue weighted by Gasteiger charge is -2.33. The second-order valence-electron chi connectivity index (χ2n) is 3.87. The summed E-state index contributed by atoms with van der Waals surface area (Å²) < 4.78 is 0.891. The number of carbonyl (C=O) groups excluding carboxylic acids is 1. The lowest BCUT2D eigenvalue weighted by molar-refractivity contribution is -0.119. The van der Waals surface area contributed by atoms with Crippen LogP contribution in [0.3, 0.4) is 0 Å². The highest BCUT2D eigenvalue weighted by Crippen LogP contribution is 2.14. The molecule has 0 atom stereocenters. The van der Waals surface area contributed by atoms with Gasteiger partial charge in [-0.15, -0.1) is 0 Å². The number of hydrogen-bond acceptors (Lipinski definition) is 3. The molecule has 0 radical (unpaired) electrons. The van der Waals surface area contributed by atoms with Crippen molar-refractivity contribution in [2.75, 3.05) is 26.2 Å². The summed E-state index contributed by atoms with van der Waals surface area (Å²) in [5, 5.41) is 3.30. The molecule has 86 valence electrons. The Bertz CT molecular complexity index is 223. The number of nitrogens with one attached hydrogen (secondary N) is 1. The lowest BCUT2D eigenvalue weighted by Crippen LogP contribution is -2.46. The molecule has 15 heavy (non-hydrogen) atoms. The minimum atomic E-state index is -0.276. The maximum Gasteiger partial charge on any atom is 0.231 e. The van der Waals surface area contributed by atoms with Crippen LogP contribution in [-0.2, 0) is 4.79 Å². The zero-order valence-corrected chi connectivity index (χ0v) is 10.4. The van der Waals surface area contributed by atoms with Gasteiger partial charge in [0.1, 0.15) is 0 Å². The van der Waals surface area contributed by atoms with Crippen LogP contribution in [0.2, 0.25) is 0 Å². The van der Waals surface area contributed by atoms with E-state index in [0.717, 1.165) is 30.4 Å². The third-order valence-electron chi connectivity index (χ3n) is 2.56. The van der Waals surface area contributed by atoms with E-state index in [1.54, 1.807) is 0 Å². The third kappa shape index (κ3) is 4.77. The van der Waals surface area contributed by atoms with Gasteiger partial charge in [0.15, 0.2) is 0 Å². The Labute approximate surface area is 99.0 Å². The molecule has 0 aromatic carbocycles. The van der Waals surface area contributed by atoms with E-state index in [1.807, 2.05) is 0 Å². The highest BCUT2D eigenvalue weighted by molar-refractivity contribution is 9.11. The molecule has 1 aliphatic rings. The van der Waals surface area contributed by atoms with Gasteiger partial charge < -0.3 is 11.1 Å². The first-order valence-corrected chi connectivity index (χ1v) is 5.95. The van der Waals surface area contributed by atoms with Crippen LogP contribution in [0.1, 0.15) is 12.8 Å². The SMILES string of the molecule is C=C(Br)CN(CC(N)=O)C1CCNCC1. The topological polar surface area (TPSA) is 58.4 Å². The van der Waals surface area contributed by atoms with Gasteiger partial charge in [0, 0.05) is 17.1 Å². The second-order valence-corrected chi connectivity index (χ2v) is 4.99. The molecule has 0 unspecified atom stereocenters. The number of rotatable bonds is 5. The predicted molar refractivity (Wildman–Crippen MR) is 64.7 cm³/mol. The monoisotopic (exact) mass is 275 g/mol. The quantitative estimate of drug-likeness (QED) is 0.766.